The molecule has 0 aliphatic heterocycles. The van der Waals surface area contributed by atoms with Crippen LogP contribution in [0.5, 0.6) is 0 Å². The van der Waals surface area contributed by atoms with Gasteiger partial charge in [-0.05, 0) is 42.4 Å². The van der Waals surface area contributed by atoms with Crippen LogP contribution in [0.4, 0.5) is 0 Å². The van der Waals surface area contributed by atoms with E-state index < -0.39 is 10.0 Å². The Morgan fingerprint density at radius 3 is 2.67 bits per heavy atom. The number of nitrogens with one attached hydrogen (secondary N) is 1. The first-order valence-corrected chi connectivity index (χ1v) is 9.07. The number of rotatable bonds is 4. The minimum Gasteiger partial charge on any atom is -0.392 e. The number of aliphatic hydroxyl groups is 1. The van der Waals surface area contributed by atoms with Gasteiger partial charge in [-0.25, -0.2) is 13.1 Å². The van der Waals surface area contributed by atoms with Gasteiger partial charge in [-0.15, -0.1) is 0 Å². The van der Waals surface area contributed by atoms with E-state index in [1.807, 2.05) is 0 Å². The first-order chi connectivity index (χ1) is 9.86. The van der Waals surface area contributed by atoms with Crippen LogP contribution in [0.2, 0.25) is 0 Å². The monoisotopic (exact) mass is 311 g/mol. The van der Waals surface area contributed by atoms with Gasteiger partial charge in [0.1, 0.15) is 0 Å². The molecule has 0 saturated heterocycles. The number of hydrogen-bond acceptors (Lipinski definition) is 3. The molecule has 0 spiro atoms. The minimum absolute atomic E-state index is 0.00377. The van der Waals surface area contributed by atoms with Crippen LogP contribution < -0.4 is 4.72 Å². The fourth-order valence-electron chi connectivity index (χ4n) is 3.13. The zero-order valence-electron chi connectivity index (χ0n) is 13.0. The Morgan fingerprint density at radius 1 is 1.29 bits per heavy atom. The van der Waals surface area contributed by atoms with Crippen molar-refractivity contribution in [1.29, 1.82) is 0 Å². The van der Waals surface area contributed by atoms with Crippen molar-refractivity contribution in [1.82, 2.24) is 4.72 Å². The normalized spacial score (nSPS) is 26.8. The van der Waals surface area contributed by atoms with Crippen molar-refractivity contribution in [3.8, 4) is 0 Å². The van der Waals surface area contributed by atoms with Crippen molar-refractivity contribution in [3.05, 3.63) is 29.3 Å². The molecule has 1 aliphatic carbocycles. The van der Waals surface area contributed by atoms with Crippen LogP contribution in [0.1, 0.15) is 44.2 Å². The molecule has 0 aromatic heterocycles. The number of aliphatic hydroxyl groups excluding tert-OH is 1. The van der Waals surface area contributed by atoms with E-state index in [1.165, 1.54) is 6.42 Å². The SMILES string of the molecule is Cc1c(CO)cccc1S(=O)(=O)NC1CCCC(C)C1C. The van der Waals surface area contributed by atoms with E-state index in [-0.39, 0.29) is 17.5 Å². The topological polar surface area (TPSA) is 66.4 Å². The van der Waals surface area contributed by atoms with E-state index in [2.05, 4.69) is 18.6 Å². The van der Waals surface area contributed by atoms with Gasteiger partial charge in [0.25, 0.3) is 0 Å². The molecular weight excluding hydrogens is 286 g/mol. The molecule has 2 rings (SSSR count). The molecule has 1 aromatic rings. The van der Waals surface area contributed by atoms with Crippen molar-refractivity contribution in [2.24, 2.45) is 11.8 Å². The number of benzene rings is 1. The Balaban J connectivity index is 2.26. The summed E-state index contributed by atoms with van der Waals surface area (Å²) >= 11 is 0. The van der Waals surface area contributed by atoms with Crippen LogP contribution >= 0.6 is 0 Å². The Bertz CT molecular complexity index is 598. The molecule has 1 aliphatic rings. The van der Waals surface area contributed by atoms with Gasteiger partial charge in [0, 0.05) is 6.04 Å². The molecule has 5 heteroatoms. The van der Waals surface area contributed by atoms with Crippen LogP contribution in [0.3, 0.4) is 0 Å². The van der Waals surface area contributed by atoms with Crippen LogP contribution in [-0.2, 0) is 16.6 Å². The van der Waals surface area contributed by atoms with Crippen molar-refractivity contribution >= 4 is 10.0 Å². The fourth-order valence-corrected chi connectivity index (χ4v) is 4.78. The summed E-state index contributed by atoms with van der Waals surface area (Å²) in [6.45, 7) is 5.90. The van der Waals surface area contributed by atoms with Crippen LogP contribution in [-0.4, -0.2) is 19.6 Å². The summed E-state index contributed by atoms with van der Waals surface area (Å²) in [5.74, 6) is 0.881. The standard InChI is InChI=1S/C16H25NO3S/c1-11-6-4-8-15(12(11)2)17-21(19,20)16-9-5-7-14(10-18)13(16)3/h5,7,9,11-12,15,17-18H,4,6,8,10H2,1-3H3. The quantitative estimate of drug-likeness (QED) is 0.898. The highest BCUT2D eigenvalue weighted by Gasteiger charge is 2.31. The third kappa shape index (κ3) is 3.47. The molecule has 21 heavy (non-hydrogen) atoms. The summed E-state index contributed by atoms with van der Waals surface area (Å²) in [7, 11) is -3.54. The average Bonchev–Trinajstić information content (AvgIpc) is 2.44. The predicted molar refractivity (Wildman–Crippen MR) is 83.4 cm³/mol. The molecule has 3 atom stereocenters. The average molecular weight is 311 g/mol. The molecule has 2 N–H and O–H groups in total. The predicted octanol–water partition coefficient (Wildman–Crippen LogP) is 2.59. The molecule has 0 amide bonds. The summed E-state index contributed by atoms with van der Waals surface area (Å²) in [5, 5.41) is 9.29. The van der Waals surface area contributed by atoms with Gasteiger partial charge in [0.2, 0.25) is 10.0 Å². The van der Waals surface area contributed by atoms with Gasteiger partial charge in [-0.3, -0.25) is 0 Å². The van der Waals surface area contributed by atoms with E-state index in [9.17, 15) is 13.5 Å². The van der Waals surface area contributed by atoms with Crippen LogP contribution in [0.15, 0.2) is 23.1 Å². The Kier molecular flexibility index (Phi) is 5.07. The molecule has 4 nitrogen and oxygen atoms in total. The highest BCUT2D eigenvalue weighted by Crippen LogP contribution is 2.31. The number of sulfonamides is 1. The summed E-state index contributed by atoms with van der Waals surface area (Å²) in [6, 6.07) is 5.03. The van der Waals surface area contributed by atoms with E-state index in [4.69, 9.17) is 0 Å². The van der Waals surface area contributed by atoms with Gasteiger partial charge in [-0.1, -0.05) is 38.8 Å². The zero-order valence-corrected chi connectivity index (χ0v) is 13.8. The van der Waals surface area contributed by atoms with Crippen molar-refractivity contribution < 1.29 is 13.5 Å². The van der Waals surface area contributed by atoms with Gasteiger partial charge in [-0.2, -0.15) is 0 Å². The zero-order chi connectivity index (χ0) is 15.6. The summed E-state index contributed by atoms with van der Waals surface area (Å²) in [5.41, 5.74) is 1.28. The Labute approximate surface area is 127 Å². The molecule has 1 aromatic carbocycles. The Morgan fingerprint density at radius 2 is 2.00 bits per heavy atom. The molecule has 1 fully saturated rings. The lowest BCUT2D eigenvalue weighted by Gasteiger charge is -2.34. The third-order valence-corrected chi connectivity index (χ3v) is 6.50. The molecule has 0 bridgehead atoms. The first-order valence-electron chi connectivity index (χ1n) is 7.58. The lowest BCUT2D eigenvalue weighted by Crippen LogP contribution is -2.43. The van der Waals surface area contributed by atoms with Gasteiger partial charge in [0.15, 0.2) is 0 Å². The lowest BCUT2D eigenvalue weighted by atomic mass is 9.78. The molecule has 3 unspecified atom stereocenters. The second-order valence-electron chi connectivity index (χ2n) is 6.19. The minimum atomic E-state index is -3.54. The van der Waals surface area contributed by atoms with Gasteiger partial charge < -0.3 is 5.11 Å². The number of hydrogen-bond donors (Lipinski definition) is 2. The van der Waals surface area contributed by atoms with Crippen molar-refractivity contribution in [2.75, 3.05) is 0 Å². The maximum absolute atomic E-state index is 12.6. The third-order valence-electron chi connectivity index (χ3n) is 4.87. The van der Waals surface area contributed by atoms with E-state index in [0.717, 1.165) is 12.8 Å². The summed E-state index contributed by atoms with van der Waals surface area (Å²) < 4.78 is 28.2. The summed E-state index contributed by atoms with van der Waals surface area (Å²) in [6.07, 6.45) is 3.12. The summed E-state index contributed by atoms with van der Waals surface area (Å²) in [4.78, 5) is 0.277. The van der Waals surface area contributed by atoms with Crippen LogP contribution in [0.25, 0.3) is 0 Å². The van der Waals surface area contributed by atoms with Crippen LogP contribution in [0, 0.1) is 18.8 Å². The molecular formula is C16H25NO3S. The molecule has 1 saturated carbocycles. The maximum atomic E-state index is 12.6. The molecule has 0 radical (unpaired) electrons. The van der Waals surface area contributed by atoms with Crippen molar-refractivity contribution in [3.63, 3.8) is 0 Å². The second kappa shape index (κ2) is 6.46. The van der Waals surface area contributed by atoms with E-state index >= 15 is 0 Å². The fraction of sp³-hybridized carbons (Fsp3) is 0.625. The van der Waals surface area contributed by atoms with Crippen molar-refractivity contribution in [2.45, 2.75) is 57.6 Å². The lowest BCUT2D eigenvalue weighted by molar-refractivity contribution is 0.227. The maximum Gasteiger partial charge on any atom is 0.241 e. The highest BCUT2D eigenvalue weighted by atomic mass is 32.2. The largest absolute Gasteiger partial charge is 0.392 e. The molecule has 0 heterocycles. The second-order valence-corrected chi connectivity index (χ2v) is 7.88. The van der Waals surface area contributed by atoms with E-state index in [0.29, 0.717) is 23.0 Å². The van der Waals surface area contributed by atoms with Gasteiger partial charge >= 0.3 is 0 Å². The first kappa shape index (κ1) is 16.5. The molecule has 118 valence electrons. The Hall–Kier alpha value is -0.910. The van der Waals surface area contributed by atoms with Gasteiger partial charge in [0.05, 0.1) is 11.5 Å². The van der Waals surface area contributed by atoms with E-state index in [1.54, 1.807) is 25.1 Å². The highest BCUT2D eigenvalue weighted by molar-refractivity contribution is 7.89. The smallest absolute Gasteiger partial charge is 0.241 e.